The normalized spacial score (nSPS) is 22.3. The van der Waals surface area contributed by atoms with E-state index in [2.05, 4.69) is 25.1 Å². The Morgan fingerprint density at radius 1 is 1.19 bits per heavy atom. The number of pyridine rings is 1. The molecular formula is C24H20F6N6O. The maximum atomic E-state index is 15.9. The van der Waals surface area contributed by atoms with Gasteiger partial charge in [-0.05, 0) is 32.4 Å². The van der Waals surface area contributed by atoms with Gasteiger partial charge >= 0.3 is 12.2 Å². The number of aromatic amines is 1. The number of rotatable bonds is 4. The van der Waals surface area contributed by atoms with Crippen molar-refractivity contribution in [1.82, 2.24) is 30.0 Å². The van der Waals surface area contributed by atoms with Crippen LogP contribution < -0.4 is 4.74 Å². The molecule has 2 atom stereocenters. The summed E-state index contributed by atoms with van der Waals surface area (Å²) in [6, 6.07) is 0.643. The predicted molar refractivity (Wildman–Crippen MR) is 121 cm³/mol. The average Bonchev–Trinajstić information content (AvgIpc) is 3.49. The summed E-state index contributed by atoms with van der Waals surface area (Å²) in [6.45, 7) is 2.57. The molecule has 2 aliphatic rings. The molecule has 2 aliphatic heterocycles. The number of halogens is 6. The second kappa shape index (κ2) is 8.27. The molecule has 0 radical (unpaired) electrons. The molecule has 0 aliphatic carbocycles. The molecule has 0 bridgehead atoms. The van der Waals surface area contributed by atoms with Gasteiger partial charge in [0.25, 0.3) is 0 Å². The highest BCUT2D eigenvalue weighted by Gasteiger charge is 2.49. The standard InChI is InChI=1S/C24H20F6N6O/c1-11-16-17(14(24(28,29)30)8-31-21(16)35-34-11)18-15(26)5-12-7-32-22(33-20(12)19(18)27)37-10-23-3-2-4-36(23)9-13(25)6-23/h5,7-8,13H,2-4,6,9-10H2,1H3,(H,31,34,35)/t13-,23+/m1/s1. The first kappa shape index (κ1) is 23.9. The Morgan fingerprint density at radius 3 is 2.78 bits per heavy atom. The molecule has 2 fully saturated rings. The van der Waals surface area contributed by atoms with Crippen molar-refractivity contribution >= 4 is 21.9 Å². The van der Waals surface area contributed by atoms with Crippen LogP contribution in [0.3, 0.4) is 0 Å². The fourth-order valence-corrected chi connectivity index (χ4v) is 5.64. The van der Waals surface area contributed by atoms with Crippen LogP contribution in [0.15, 0.2) is 18.5 Å². The van der Waals surface area contributed by atoms with E-state index in [0.717, 1.165) is 31.6 Å². The topological polar surface area (TPSA) is 79.8 Å². The quantitative estimate of drug-likeness (QED) is 0.375. The van der Waals surface area contributed by atoms with E-state index >= 15 is 8.78 Å². The first-order valence-corrected chi connectivity index (χ1v) is 11.7. The average molecular weight is 522 g/mol. The lowest BCUT2D eigenvalue weighted by Crippen LogP contribution is -2.43. The molecule has 5 heterocycles. The first-order chi connectivity index (χ1) is 17.6. The van der Waals surface area contributed by atoms with Crippen molar-refractivity contribution in [3.8, 4) is 17.1 Å². The van der Waals surface area contributed by atoms with Crippen molar-refractivity contribution in [3.05, 3.63) is 41.4 Å². The summed E-state index contributed by atoms with van der Waals surface area (Å²) in [5, 5.41) is 6.14. The van der Waals surface area contributed by atoms with Crippen molar-refractivity contribution < 1.29 is 31.1 Å². The summed E-state index contributed by atoms with van der Waals surface area (Å²) in [5.41, 5.74) is -3.80. The predicted octanol–water partition coefficient (Wildman–Crippen LogP) is 5.13. The van der Waals surface area contributed by atoms with E-state index < -0.39 is 51.7 Å². The maximum absolute atomic E-state index is 15.9. The number of aromatic nitrogens is 5. The van der Waals surface area contributed by atoms with Crippen LogP contribution in [0, 0.1) is 18.6 Å². The lowest BCUT2D eigenvalue weighted by Gasteiger charge is -2.30. The number of fused-ring (bicyclic) bond motifs is 3. The SMILES string of the molecule is Cc1[nH]nc2ncc(C(F)(F)F)c(-c3c(F)cc4cnc(OC[C@@]56CCCN5C[C@H](F)C6)nc4c3F)c12. The van der Waals surface area contributed by atoms with E-state index in [1.54, 1.807) is 0 Å². The van der Waals surface area contributed by atoms with Crippen LogP contribution >= 0.6 is 0 Å². The number of hydrogen-bond acceptors (Lipinski definition) is 6. The van der Waals surface area contributed by atoms with Crippen LogP contribution in [0.2, 0.25) is 0 Å². The molecule has 1 aromatic carbocycles. The van der Waals surface area contributed by atoms with Gasteiger partial charge in [-0.3, -0.25) is 10.00 Å². The Bertz CT molecular complexity index is 1540. The zero-order valence-corrected chi connectivity index (χ0v) is 19.5. The van der Waals surface area contributed by atoms with Gasteiger partial charge < -0.3 is 4.74 Å². The van der Waals surface area contributed by atoms with Gasteiger partial charge in [0.1, 0.15) is 24.1 Å². The van der Waals surface area contributed by atoms with Gasteiger partial charge in [0.15, 0.2) is 11.5 Å². The van der Waals surface area contributed by atoms with Crippen LogP contribution in [0.25, 0.3) is 33.1 Å². The van der Waals surface area contributed by atoms with E-state index in [4.69, 9.17) is 4.74 Å². The van der Waals surface area contributed by atoms with Crippen molar-refractivity contribution in [2.45, 2.75) is 44.1 Å². The Kier molecular flexibility index (Phi) is 5.34. The number of nitrogens with zero attached hydrogens (tertiary/aromatic N) is 5. The van der Waals surface area contributed by atoms with Crippen LogP contribution in [0.5, 0.6) is 6.01 Å². The fraction of sp³-hybridized carbons (Fsp3) is 0.417. The van der Waals surface area contributed by atoms with Crippen molar-refractivity contribution in [2.75, 3.05) is 19.7 Å². The smallest absolute Gasteiger partial charge is 0.418 e. The molecule has 0 amide bonds. The van der Waals surface area contributed by atoms with Crippen molar-refractivity contribution in [2.24, 2.45) is 0 Å². The third kappa shape index (κ3) is 3.78. The number of H-pyrrole nitrogens is 1. The molecule has 7 nitrogen and oxygen atoms in total. The highest BCUT2D eigenvalue weighted by atomic mass is 19.4. The van der Waals surface area contributed by atoms with Gasteiger partial charge in [-0.1, -0.05) is 0 Å². The molecule has 194 valence electrons. The minimum atomic E-state index is -4.95. The Hall–Kier alpha value is -3.48. The van der Waals surface area contributed by atoms with Crippen LogP contribution in [-0.2, 0) is 6.18 Å². The van der Waals surface area contributed by atoms with E-state index in [0.29, 0.717) is 19.2 Å². The monoisotopic (exact) mass is 522 g/mol. The Labute approximate surface area is 205 Å². The molecule has 0 saturated carbocycles. The lowest BCUT2D eigenvalue weighted by atomic mass is 9.95. The summed E-state index contributed by atoms with van der Waals surface area (Å²) in [6.07, 6.45) is -2.37. The molecule has 0 spiro atoms. The van der Waals surface area contributed by atoms with E-state index in [1.165, 1.54) is 6.92 Å². The van der Waals surface area contributed by atoms with E-state index in [-0.39, 0.29) is 34.7 Å². The highest BCUT2D eigenvalue weighted by Crippen LogP contribution is 2.44. The van der Waals surface area contributed by atoms with Crippen LogP contribution in [0.4, 0.5) is 26.3 Å². The minimum absolute atomic E-state index is 0.0563. The first-order valence-electron chi connectivity index (χ1n) is 11.7. The maximum Gasteiger partial charge on any atom is 0.418 e. The van der Waals surface area contributed by atoms with Gasteiger partial charge in [-0.2, -0.15) is 23.3 Å². The van der Waals surface area contributed by atoms with Crippen LogP contribution in [0.1, 0.15) is 30.5 Å². The molecule has 37 heavy (non-hydrogen) atoms. The molecule has 2 saturated heterocycles. The summed E-state index contributed by atoms with van der Waals surface area (Å²) in [4.78, 5) is 13.8. The molecule has 4 aromatic rings. The summed E-state index contributed by atoms with van der Waals surface area (Å²) in [5.74, 6) is -2.52. The summed E-state index contributed by atoms with van der Waals surface area (Å²) >= 11 is 0. The minimum Gasteiger partial charge on any atom is -0.461 e. The molecule has 6 rings (SSSR count). The Morgan fingerprint density at radius 2 is 2.00 bits per heavy atom. The van der Waals surface area contributed by atoms with Gasteiger partial charge in [0.05, 0.1) is 22.1 Å². The number of ether oxygens (including phenoxy) is 1. The highest BCUT2D eigenvalue weighted by molar-refractivity contribution is 5.99. The third-order valence-corrected chi connectivity index (χ3v) is 7.29. The van der Waals surface area contributed by atoms with Crippen molar-refractivity contribution in [1.29, 1.82) is 0 Å². The fourth-order valence-electron chi connectivity index (χ4n) is 5.64. The summed E-state index contributed by atoms with van der Waals surface area (Å²) in [7, 11) is 0. The number of benzene rings is 1. The lowest BCUT2D eigenvalue weighted by molar-refractivity contribution is -0.137. The molecule has 1 N–H and O–H groups in total. The number of alkyl halides is 4. The second-order valence-electron chi connectivity index (χ2n) is 9.59. The largest absolute Gasteiger partial charge is 0.461 e. The van der Waals surface area contributed by atoms with Gasteiger partial charge in [0.2, 0.25) is 0 Å². The number of hydrogen-bond donors (Lipinski definition) is 1. The third-order valence-electron chi connectivity index (χ3n) is 7.29. The van der Waals surface area contributed by atoms with E-state index in [9.17, 15) is 17.6 Å². The molecular weight excluding hydrogens is 502 g/mol. The van der Waals surface area contributed by atoms with Gasteiger partial charge in [-0.25, -0.2) is 23.1 Å². The van der Waals surface area contributed by atoms with Gasteiger partial charge in [-0.15, -0.1) is 0 Å². The van der Waals surface area contributed by atoms with Gasteiger partial charge in [0, 0.05) is 42.0 Å². The number of nitrogens with one attached hydrogen (secondary N) is 1. The zero-order chi connectivity index (χ0) is 26.1. The number of aryl methyl sites for hydroxylation is 1. The zero-order valence-electron chi connectivity index (χ0n) is 19.5. The second-order valence-corrected chi connectivity index (χ2v) is 9.59. The van der Waals surface area contributed by atoms with E-state index in [1.807, 2.05) is 4.90 Å². The summed E-state index contributed by atoms with van der Waals surface area (Å²) < 4.78 is 92.7. The Balaban J connectivity index is 1.46. The van der Waals surface area contributed by atoms with Crippen molar-refractivity contribution in [3.63, 3.8) is 0 Å². The molecule has 0 unspecified atom stereocenters. The molecule has 3 aromatic heterocycles. The molecule has 13 heteroatoms. The van der Waals surface area contributed by atoms with Crippen LogP contribution in [-0.4, -0.2) is 61.5 Å².